The van der Waals surface area contributed by atoms with E-state index in [1.165, 1.54) is 36.5 Å². The van der Waals surface area contributed by atoms with E-state index < -0.39 is 14.8 Å². The highest BCUT2D eigenvalue weighted by Gasteiger charge is 2.23. The molecule has 0 aromatic carbocycles. The average Bonchev–Trinajstić information content (AvgIpc) is 2.69. The van der Waals surface area contributed by atoms with Crippen molar-refractivity contribution < 1.29 is 13.3 Å². The lowest BCUT2D eigenvalue weighted by molar-refractivity contribution is -0.419. The van der Waals surface area contributed by atoms with Crippen LogP contribution in [0.4, 0.5) is 0 Å². The van der Waals surface area contributed by atoms with Crippen molar-refractivity contribution in [1.82, 2.24) is 0 Å². The smallest absolute Gasteiger partial charge is 0.258 e. The van der Waals surface area contributed by atoms with Crippen LogP contribution >= 0.6 is 0 Å². The summed E-state index contributed by atoms with van der Waals surface area (Å²) >= 11 is 0. The molecule has 0 saturated heterocycles. The third-order valence-electron chi connectivity index (χ3n) is 2.82. The molecule has 1 aliphatic rings. The van der Waals surface area contributed by atoms with Crippen LogP contribution in [0.1, 0.15) is 19.8 Å². The molecule has 6 heteroatoms. The maximum atomic E-state index is 12.6. The van der Waals surface area contributed by atoms with Crippen LogP contribution in [0.5, 0.6) is 0 Å². The van der Waals surface area contributed by atoms with E-state index in [1.807, 2.05) is 0 Å². The zero-order valence-electron chi connectivity index (χ0n) is 11.7. The van der Waals surface area contributed by atoms with Crippen LogP contribution in [-0.4, -0.2) is 13.3 Å². The normalized spacial score (nSPS) is 16.3. The maximum Gasteiger partial charge on any atom is 0.265 e. The average molecular weight is 307 g/mol. The highest BCUT2D eigenvalue weighted by molar-refractivity contribution is 7.99. The topological polar surface area (TPSA) is 77.3 Å². The van der Waals surface area contributed by atoms with Gasteiger partial charge in [0, 0.05) is 18.9 Å². The van der Waals surface area contributed by atoms with Gasteiger partial charge in [0.1, 0.15) is 0 Å². The van der Waals surface area contributed by atoms with Crippen LogP contribution in [0.25, 0.3) is 0 Å². The molecule has 21 heavy (non-hydrogen) atoms. The Balaban J connectivity index is 3.16. The molecule has 5 nitrogen and oxygen atoms in total. The fourth-order valence-corrected chi connectivity index (χ4v) is 3.22. The van der Waals surface area contributed by atoms with Gasteiger partial charge in [0.25, 0.3) is 5.70 Å². The standard InChI is InChI=1S/C15H17NO4S/c1-3-5-9-14(7-4-2)21(19,20)15-10-6-8-13(11-12-15)16(17)18/h3-8,10-11H,2,9,12H2,1H3/b5-3-,14-7+. The predicted octanol–water partition coefficient (Wildman–Crippen LogP) is 3.44. The molecule has 0 aliphatic heterocycles. The fourth-order valence-electron chi connectivity index (χ4n) is 1.73. The van der Waals surface area contributed by atoms with E-state index in [0.717, 1.165) is 0 Å². The number of sulfone groups is 1. The first-order valence-electron chi connectivity index (χ1n) is 6.33. The Morgan fingerprint density at radius 3 is 2.81 bits per heavy atom. The van der Waals surface area contributed by atoms with E-state index in [2.05, 4.69) is 6.58 Å². The molecule has 0 saturated carbocycles. The molecule has 0 radical (unpaired) electrons. The van der Waals surface area contributed by atoms with Crippen molar-refractivity contribution in [2.24, 2.45) is 0 Å². The molecule has 0 heterocycles. The summed E-state index contributed by atoms with van der Waals surface area (Å²) in [5.41, 5.74) is -0.112. The molecule has 0 aromatic heterocycles. The quantitative estimate of drug-likeness (QED) is 0.326. The van der Waals surface area contributed by atoms with Gasteiger partial charge in [0.05, 0.1) is 14.7 Å². The predicted molar refractivity (Wildman–Crippen MR) is 83.5 cm³/mol. The number of allylic oxidation sites excluding steroid dienone is 10. The number of nitrogens with zero attached hydrogens (tertiary/aromatic N) is 1. The van der Waals surface area contributed by atoms with Gasteiger partial charge in [-0.25, -0.2) is 8.42 Å². The lowest BCUT2D eigenvalue weighted by Crippen LogP contribution is -2.07. The first-order chi connectivity index (χ1) is 9.93. The van der Waals surface area contributed by atoms with Crippen LogP contribution in [0, 0.1) is 10.1 Å². The van der Waals surface area contributed by atoms with Crippen molar-refractivity contribution in [3.05, 3.63) is 80.8 Å². The number of rotatable bonds is 6. The SMILES string of the molecule is C=C/C=C(\C/C=C\C)S(=O)(=O)C1=CC=CC([N+](=O)[O-])=CC1. The van der Waals surface area contributed by atoms with Crippen molar-refractivity contribution in [3.8, 4) is 0 Å². The number of nitro groups is 1. The third-order valence-corrected chi connectivity index (χ3v) is 4.81. The second-order valence-corrected chi connectivity index (χ2v) is 6.28. The Labute approximate surface area is 124 Å². The molecule has 0 fully saturated rings. The molecule has 1 rings (SSSR count). The largest absolute Gasteiger partial charge is 0.265 e. The highest BCUT2D eigenvalue weighted by Crippen LogP contribution is 2.26. The summed E-state index contributed by atoms with van der Waals surface area (Å²) in [4.78, 5) is 10.5. The van der Waals surface area contributed by atoms with Gasteiger partial charge < -0.3 is 0 Å². The van der Waals surface area contributed by atoms with E-state index in [4.69, 9.17) is 0 Å². The molecule has 1 aliphatic carbocycles. The number of hydrogen-bond acceptors (Lipinski definition) is 4. The lowest BCUT2D eigenvalue weighted by Gasteiger charge is -2.08. The van der Waals surface area contributed by atoms with E-state index in [-0.39, 0.29) is 28.3 Å². The van der Waals surface area contributed by atoms with Crippen LogP contribution in [0.3, 0.4) is 0 Å². The highest BCUT2D eigenvalue weighted by atomic mass is 32.2. The van der Waals surface area contributed by atoms with Crippen LogP contribution in [0.2, 0.25) is 0 Å². The van der Waals surface area contributed by atoms with Gasteiger partial charge in [-0.05, 0) is 25.2 Å². The molecule has 0 bridgehead atoms. The van der Waals surface area contributed by atoms with Gasteiger partial charge in [0.15, 0.2) is 9.84 Å². The fraction of sp³-hybridized carbons (Fsp3) is 0.200. The number of hydrogen-bond donors (Lipinski definition) is 0. The lowest BCUT2D eigenvalue weighted by atomic mass is 10.3. The molecule has 0 amide bonds. The molecule has 112 valence electrons. The van der Waals surface area contributed by atoms with E-state index in [9.17, 15) is 18.5 Å². The van der Waals surface area contributed by atoms with Gasteiger partial charge in [0.2, 0.25) is 0 Å². The van der Waals surface area contributed by atoms with Crippen molar-refractivity contribution in [3.63, 3.8) is 0 Å². The molecular formula is C15H17NO4S. The van der Waals surface area contributed by atoms with Crippen LogP contribution < -0.4 is 0 Å². The van der Waals surface area contributed by atoms with Crippen molar-refractivity contribution in [2.45, 2.75) is 19.8 Å². The molecule has 0 aromatic rings. The summed E-state index contributed by atoms with van der Waals surface area (Å²) in [6.07, 6.45) is 12.0. The molecular weight excluding hydrogens is 290 g/mol. The Bertz CT molecular complexity index is 676. The first kappa shape index (κ1) is 16.8. The monoisotopic (exact) mass is 307 g/mol. The van der Waals surface area contributed by atoms with Gasteiger partial charge in [-0.3, -0.25) is 10.1 Å². The minimum Gasteiger partial charge on any atom is -0.258 e. The van der Waals surface area contributed by atoms with Crippen molar-refractivity contribution in [1.29, 1.82) is 0 Å². The van der Waals surface area contributed by atoms with Gasteiger partial charge >= 0.3 is 0 Å². The summed E-state index contributed by atoms with van der Waals surface area (Å²) in [5.74, 6) is 0. The van der Waals surface area contributed by atoms with Gasteiger partial charge in [-0.2, -0.15) is 0 Å². The minimum atomic E-state index is -3.65. The first-order valence-corrected chi connectivity index (χ1v) is 7.81. The second-order valence-electron chi connectivity index (χ2n) is 4.23. The molecule has 0 atom stereocenters. The van der Waals surface area contributed by atoms with Gasteiger partial charge in [-0.15, -0.1) is 0 Å². The van der Waals surface area contributed by atoms with Crippen LogP contribution in [0.15, 0.2) is 70.7 Å². The Morgan fingerprint density at radius 2 is 2.24 bits per heavy atom. The Kier molecular flexibility index (Phi) is 6.05. The van der Waals surface area contributed by atoms with Crippen molar-refractivity contribution in [2.75, 3.05) is 0 Å². The zero-order valence-corrected chi connectivity index (χ0v) is 12.5. The maximum absolute atomic E-state index is 12.6. The summed E-state index contributed by atoms with van der Waals surface area (Å²) in [6, 6.07) is 0. The Morgan fingerprint density at radius 1 is 1.52 bits per heavy atom. The van der Waals surface area contributed by atoms with Gasteiger partial charge in [-0.1, -0.05) is 30.9 Å². The van der Waals surface area contributed by atoms with E-state index in [1.54, 1.807) is 19.1 Å². The molecule has 0 unspecified atom stereocenters. The summed E-state index contributed by atoms with van der Waals surface area (Å²) in [6.45, 7) is 5.32. The third kappa shape index (κ3) is 4.39. The van der Waals surface area contributed by atoms with E-state index in [0.29, 0.717) is 0 Å². The Hall–Kier alpha value is -2.21. The van der Waals surface area contributed by atoms with Crippen LogP contribution in [-0.2, 0) is 9.84 Å². The van der Waals surface area contributed by atoms with Crippen molar-refractivity contribution >= 4 is 9.84 Å². The summed E-state index contributed by atoms with van der Waals surface area (Å²) < 4.78 is 25.1. The summed E-state index contributed by atoms with van der Waals surface area (Å²) in [5, 5.41) is 10.7. The zero-order chi connectivity index (χ0) is 15.9. The molecule has 0 spiro atoms. The molecule has 0 N–H and O–H groups in total. The second kappa shape index (κ2) is 7.54. The van der Waals surface area contributed by atoms with E-state index >= 15 is 0 Å². The minimum absolute atomic E-state index is 0.00400. The summed E-state index contributed by atoms with van der Waals surface area (Å²) in [7, 11) is -3.65.